The van der Waals surface area contributed by atoms with Gasteiger partial charge in [0.2, 0.25) is 0 Å². The number of alkyl halides is 3. The van der Waals surface area contributed by atoms with Gasteiger partial charge < -0.3 is 10.3 Å². The molecule has 0 saturated heterocycles. The lowest BCUT2D eigenvalue weighted by atomic mass is 10.0. The maximum atomic E-state index is 13.0. The number of fused-ring (bicyclic) bond motifs is 1. The van der Waals surface area contributed by atoms with E-state index in [2.05, 4.69) is 23.0 Å². The molecule has 4 nitrogen and oxygen atoms in total. The number of pyridine rings is 1. The molecule has 1 aliphatic rings. The summed E-state index contributed by atoms with van der Waals surface area (Å²) in [5.74, 6) is 1.49. The van der Waals surface area contributed by atoms with E-state index in [4.69, 9.17) is 5.73 Å². The number of nitrogens with zero attached hydrogens (tertiary/aromatic N) is 3. The van der Waals surface area contributed by atoms with E-state index in [-0.39, 0.29) is 11.1 Å². The maximum Gasteiger partial charge on any atom is 0.433 e. The molecule has 3 aromatic rings. The van der Waals surface area contributed by atoms with Gasteiger partial charge in [0.25, 0.3) is 0 Å². The number of hydrogen-bond donors (Lipinski definition) is 1. The van der Waals surface area contributed by atoms with E-state index in [0.29, 0.717) is 11.3 Å². The molecule has 1 saturated carbocycles. The van der Waals surface area contributed by atoms with E-state index in [0.717, 1.165) is 40.7 Å². The van der Waals surface area contributed by atoms with Crippen LogP contribution in [0.4, 0.5) is 13.2 Å². The highest BCUT2D eigenvalue weighted by atomic mass is 32.2. The molecule has 0 bridgehead atoms. The highest BCUT2D eigenvalue weighted by Crippen LogP contribution is 2.45. The van der Waals surface area contributed by atoms with Crippen molar-refractivity contribution in [2.75, 3.05) is 5.75 Å². The van der Waals surface area contributed by atoms with Gasteiger partial charge in [-0.2, -0.15) is 13.2 Å². The summed E-state index contributed by atoms with van der Waals surface area (Å²) in [6, 6.07) is 7.06. The van der Waals surface area contributed by atoms with Crippen molar-refractivity contribution in [2.24, 2.45) is 12.8 Å². The molecule has 2 N–H and O–H groups in total. The van der Waals surface area contributed by atoms with Gasteiger partial charge in [-0.3, -0.25) is 0 Å². The molecule has 8 heteroatoms. The van der Waals surface area contributed by atoms with E-state index in [1.54, 1.807) is 23.4 Å². The lowest BCUT2D eigenvalue weighted by molar-refractivity contribution is -0.141. The van der Waals surface area contributed by atoms with Crippen molar-refractivity contribution >= 4 is 22.8 Å². The molecule has 0 spiro atoms. The Morgan fingerprint density at radius 1 is 1.26 bits per heavy atom. The molecule has 142 valence electrons. The van der Waals surface area contributed by atoms with Gasteiger partial charge in [-0.1, -0.05) is 13.0 Å². The van der Waals surface area contributed by atoms with Crippen LogP contribution in [0.2, 0.25) is 0 Å². The predicted molar refractivity (Wildman–Crippen MR) is 100 cm³/mol. The molecule has 0 amide bonds. The van der Waals surface area contributed by atoms with Gasteiger partial charge in [-0.05, 0) is 42.4 Å². The molecule has 2 heterocycles. The fourth-order valence-corrected chi connectivity index (χ4v) is 4.04. The Labute approximate surface area is 159 Å². The summed E-state index contributed by atoms with van der Waals surface area (Å²) >= 11 is 1.68. The third-order valence-corrected chi connectivity index (χ3v) is 5.88. The van der Waals surface area contributed by atoms with Crippen LogP contribution in [0.15, 0.2) is 35.4 Å². The molecular formula is C19H19F3N4S. The van der Waals surface area contributed by atoms with Crippen molar-refractivity contribution in [1.82, 2.24) is 14.5 Å². The van der Waals surface area contributed by atoms with Crippen LogP contribution >= 0.6 is 11.8 Å². The highest BCUT2D eigenvalue weighted by Gasteiger charge is 2.40. The van der Waals surface area contributed by atoms with Crippen LogP contribution in [0.5, 0.6) is 0 Å². The van der Waals surface area contributed by atoms with Crippen LogP contribution in [0.1, 0.15) is 31.0 Å². The number of rotatable bonds is 4. The van der Waals surface area contributed by atoms with Crippen molar-refractivity contribution in [1.29, 1.82) is 0 Å². The Hall–Kier alpha value is -2.06. The Morgan fingerprint density at radius 3 is 2.63 bits per heavy atom. The summed E-state index contributed by atoms with van der Waals surface area (Å²) < 4.78 is 40.7. The zero-order chi connectivity index (χ0) is 19.4. The molecule has 4 rings (SSSR count). The van der Waals surface area contributed by atoms with Crippen molar-refractivity contribution in [2.45, 2.75) is 36.4 Å². The van der Waals surface area contributed by atoms with Crippen LogP contribution in [-0.4, -0.2) is 20.3 Å². The molecule has 0 atom stereocenters. The van der Waals surface area contributed by atoms with Crippen LogP contribution in [0, 0.1) is 0 Å². The SMILES string of the molecule is CCSc1cc(C2(N)CC2)ccc1-c1nc2cc(C(F)(F)F)ncc2n1C. The van der Waals surface area contributed by atoms with Crippen LogP contribution < -0.4 is 5.73 Å². The fraction of sp³-hybridized carbons (Fsp3) is 0.368. The number of thioether (sulfide) groups is 1. The maximum absolute atomic E-state index is 13.0. The second-order valence-electron chi connectivity index (χ2n) is 6.85. The van der Waals surface area contributed by atoms with E-state index in [1.807, 2.05) is 12.1 Å². The minimum atomic E-state index is -4.49. The lowest BCUT2D eigenvalue weighted by Crippen LogP contribution is -2.18. The van der Waals surface area contributed by atoms with Crippen molar-refractivity contribution < 1.29 is 13.2 Å². The average molecular weight is 392 g/mol. The van der Waals surface area contributed by atoms with Gasteiger partial charge in [0.05, 0.1) is 17.2 Å². The first-order valence-electron chi connectivity index (χ1n) is 8.69. The first kappa shape index (κ1) is 18.3. The van der Waals surface area contributed by atoms with Crippen molar-refractivity contribution in [3.63, 3.8) is 0 Å². The molecule has 0 aliphatic heterocycles. The normalized spacial score (nSPS) is 16.1. The van der Waals surface area contributed by atoms with E-state index < -0.39 is 11.9 Å². The van der Waals surface area contributed by atoms with Crippen LogP contribution in [0.3, 0.4) is 0 Å². The standard InChI is InChI=1S/C19H19F3N4S/c1-3-27-15-8-11(18(23)6-7-18)4-5-12(15)17-25-13-9-16(19(20,21)22)24-10-14(13)26(17)2/h4-5,8-10H,3,6-7,23H2,1-2H3. The number of nitrogens with two attached hydrogens (primary N) is 1. The summed E-state index contributed by atoms with van der Waals surface area (Å²) in [5.41, 5.74) is 7.99. The van der Waals surface area contributed by atoms with Gasteiger partial charge >= 0.3 is 6.18 Å². The monoisotopic (exact) mass is 392 g/mol. The van der Waals surface area contributed by atoms with Crippen molar-refractivity contribution in [3.8, 4) is 11.4 Å². The van der Waals surface area contributed by atoms with Crippen LogP contribution in [0.25, 0.3) is 22.4 Å². The number of hydrogen-bond acceptors (Lipinski definition) is 4. The first-order chi connectivity index (χ1) is 12.7. The summed E-state index contributed by atoms with van der Waals surface area (Å²) in [7, 11) is 1.79. The van der Waals surface area contributed by atoms with Gasteiger partial charge in [0, 0.05) is 23.0 Å². The smallest absolute Gasteiger partial charge is 0.326 e. The van der Waals surface area contributed by atoms with Gasteiger partial charge in [0.15, 0.2) is 0 Å². The first-order valence-corrected chi connectivity index (χ1v) is 9.68. The second kappa shape index (κ2) is 6.24. The molecular weight excluding hydrogens is 373 g/mol. The lowest BCUT2D eigenvalue weighted by Gasteiger charge is -2.14. The Morgan fingerprint density at radius 2 is 2.00 bits per heavy atom. The Bertz CT molecular complexity index is 1020. The molecule has 27 heavy (non-hydrogen) atoms. The fourth-order valence-electron chi connectivity index (χ4n) is 3.20. The molecule has 1 fully saturated rings. The zero-order valence-corrected chi connectivity index (χ0v) is 15.8. The topological polar surface area (TPSA) is 56.7 Å². The molecule has 2 aromatic heterocycles. The number of imidazole rings is 1. The number of halogens is 3. The number of aromatic nitrogens is 3. The van der Waals surface area contributed by atoms with Gasteiger partial charge in [-0.15, -0.1) is 11.8 Å². The largest absolute Gasteiger partial charge is 0.433 e. The van der Waals surface area contributed by atoms with Gasteiger partial charge in [-0.25, -0.2) is 9.97 Å². The third-order valence-electron chi connectivity index (χ3n) is 4.94. The Kier molecular flexibility index (Phi) is 4.23. The number of aryl methyl sites for hydroxylation is 1. The zero-order valence-electron chi connectivity index (χ0n) is 15.0. The Balaban J connectivity index is 1.85. The minimum absolute atomic E-state index is 0.237. The average Bonchev–Trinajstić information content (AvgIpc) is 3.29. The number of benzene rings is 1. The minimum Gasteiger partial charge on any atom is -0.326 e. The summed E-state index contributed by atoms with van der Waals surface area (Å²) in [4.78, 5) is 9.07. The summed E-state index contributed by atoms with van der Waals surface area (Å²) in [5, 5.41) is 0. The predicted octanol–water partition coefficient (Wildman–Crippen LogP) is 4.71. The van der Waals surface area contributed by atoms with Crippen molar-refractivity contribution in [3.05, 3.63) is 41.7 Å². The van der Waals surface area contributed by atoms with E-state index in [9.17, 15) is 13.2 Å². The molecule has 0 unspecified atom stereocenters. The highest BCUT2D eigenvalue weighted by molar-refractivity contribution is 7.99. The quantitative estimate of drug-likeness (QED) is 0.653. The molecule has 1 aliphatic carbocycles. The third kappa shape index (κ3) is 3.21. The molecule has 1 aromatic carbocycles. The summed E-state index contributed by atoms with van der Waals surface area (Å²) in [6.45, 7) is 2.06. The van der Waals surface area contributed by atoms with E-state index >= 15 is 0 Å². The van der Waals surface area contributed by atoms with Gasteiger partial charge in [0.1, 0.15) is 11.5 Å². The van der Waals surface area contributed by atoms with Crippen LogP contribution in [-0.2, 0) is 18.8 Å². The van der Waals surface area contributed by atoms with E-state index in [1.165, 1.54) is 6.20 Å². The second-order valence-corrected chi connectivity index (χ2v) is 8.16. The summed E-state index contributed by atoms with van der Waals surface area (Å²) in [6.07, 6.45) is -1.31. The molecule has 0 radical (unpaired) electrons.